The summed E-state index contributed by atoms with van der Waals surface area (Å²) in [5.74, 6) is 0.0736. The molecule has 6 heteroatoms. The van der Waals surface area contributed by atoms with Crippen molar-refractivity contribution in [1.29, 1.82) is 0 Å². The van der Waals surface area contributed by atoms with Gasteiger partial charge in [0.1, 0.15) is 5.82 Å². The summed E-state index contributed by atoms with van der Waals surface area (Å²) >= 11 is 0. The molecule has 0 fully saturated rings. The van der Waals surface area contributed by atoms with Crippen LogP contribution >= 0.6 is 0 Å². The lowest BCUT2D eigenvalue weighted by molar-refractivity contribution is 0.548. The van der Waals surface area contributed by atoms with Crippen molar-refractivity contribution < 1.29 is 4.39 Å². The highest BCUT2D eigenvalue weighted by Crippen LogP contribution is 2.25. The molecule has 5 nitrogen and oxygen atoms in total. The molecular weight excluding hydrogens is 269 g/mol. The smallest absolute Gasteiger partial charge is 0.182 e. The largest absolute Gasteiger partial charge is 0.399 e. The Morgan fingerprint density at radius 3 is 2.62 bits per heavy atom. The van der Waals surface area contributed by atoms with Crippen molar-refractivity contribution in [2.45, 2.75) is 13.0 Å². The van der Waals surface area contributed by atoms with E-state index in [1.807, 2.05) is 37.3 Å². The minimum absolute atomic E-state index is 0.0688. The number of anilines is 1. The second-order valence-electron chi connectivity index (χ2n) is 4.81. The van der Waals surface area contributed by atoms with Crippen LogP contribution < -0.4 is 5.73 Å². The summed E-state index contributed by atoms with van der Waals surface area (Å²) in [5, 5.41) is 11.7. The van der Waals surface area contributed by atoms with E-state index in [4.69, 9.17) is 5.73 Å². The number of benzene rings is 2. The zero-order valence-electron chi connectivity index (χ0n) is 11.4. The van der Waals surface area contributed by atoms with Crippen LogP contribution in [0.15, 0.2) is 48.5 Å². The van der Waals surface area contributed by atoms with E-state index in [2.05, 4.69) is 15.5 Å². The van der Waals surface area contributed by atoms with E-state index in [0.29, 0.717) is 17.1 Å². The first-order chi connectivity index (χ1) is 10.1. The Hall–Kier alpha value is -2.76. The Kier molecular flexibility index (Phi) is 3.35. The van der Waals surface area contributed by atoms with Gasteiger partial charge in [-0.15, -0.1) is 5.10 Å². The lowest BCUT2D eigenvalue weighted by Crippen LogP contribution is -2.10. The van der Waals surface area contributed by atoms with Crippen molar-refractivity contribution in [3.63, 3.8) is 0 Å². The molecule has 0 aliphatic heterocycles. The van der Waals surface area contributed by atoms with Gasteiger partial charge in [0.15, 0.2) is 5.82 Å². The highest BCUT2D eigenvalue weighted by Gasteiger charge is 2.16. The first kappa shape index (κ1) is 13.2. The summed E-state index contributed by atoms with van der Waals surface area (Å²) in [7, 11) is 0. The van der Waals surface area contributed by atoms with Crippen molar-refractivity contribution >= 4 is 5.69 Å². The average Bonchev–Trinajstić information content (AvgIpc) is 2.96. The summed E-state index contributed by atoms with van der Waals surface area (Å²) in [5.41, 5.74) is 7.65. The minimum atomic E-state index is -0.410. The molecule has 0 aliphatic carbocycles. The topological polar surface area (TPSA) is 69.6 Å². The van der Waals surface area contributed by atoms with E-state index in [1.54, 1.807) is 10.7 Å². The maximum absolute atomic E-state index is 13.5. The third kappa shape index (κ3) is 2.60. The Balaban J connectivity index is 2.05. The molecule has 21 heavy (non-hydrogen) atoms. The van der Waals surface area contributed by atoms with Crippen LogP contribution in [-0.2, 0) is 0 Å². The molecule has 3 rings (SSSR count). The Labute approximate surface area is 121 Å². The molecule has 0 saturated carbocycles. The van der Waals surface area contributed by atoms with E-state index in [-0.39, 0.29) is 6.04 Å². The zero-order valence-corrected chi connectivity index (χ0v) is 11.4. The fourth-order valence-electron chi connectivity index (χ4n) is 2.26. The van der Waals surface area contributed by atoms with Gasteiger partial charge < -0.3 is 5.73 Å². The van der Waals surface area contributed by atoms with Crippen LogP contribution in [0.3, 0.4) is 0 Å². The number of tetrazole rings is 1. The third-order valence-corrected chi connectivity index (χ3v) is 3.32. The molecule has 1 heterocycles. The number of aromatic nitrogens is 4. The van der Waals surface area contributed by atoms with Crippen LogP contribution in [0.25, 0.3) is 11.4 Å². The third-order valence-electron chi connectivity index (χ3n) is 3.32. The lowest BCUT2D eigenvalue weighted by atomic mass is 10.1. The normalized spacial score (nSPS) is 12.3. The van der Waals surface area contributed by atoms with Crippen LogP contribution in [-0.4, -0.2) is 20.2 Å². The summed E-state index contributed by atoms with van der Waals surface area (Å²) in [6, 6.07) is 14.1. The van der Waals surface area contributed by atoms with Crippen molar-refractivity contribution in [2.75, 3.05) is 5.73 Å². The van der Waals surface area contributed by atoms with Crippen molar-refractivity contribution in [3.05, 3.63) is 59.9 Å². The zero-order chi connectivity index (χ0) is 14.8. The Bertz CT molecular complexity index is 734. The van der Waals surface area contributed by atoms with Crippen LogP contribution in [0.5, 0.6) is 0 Å². The summed E-state index contributed by atoms with van der Waals surface area (Å²) < 4.78 is 15.2. The molecule has 0 bridgehead atoms. The standard InChI is InChI=1S/C15H14FN5/c1-10(11-5-3-2-4-6-11)21-15(18-19-20-21)12-7-13(16)9-14(17)8-12/h2-10H,17H2,1H3. The maximum Gasteiger partial charge on any atom is 0.182 e. The SMILES string of the molecule is CC(c1ccccc1)n1nnnc1-c1cc(N)cc(F)c1. The van der Waals surface area contributed by atoms with E-state index in [9.17, 15) is 4.39 Å². The molecule has 3 aromatic rings. The lowest BCUT2D eigenvalue weighted by Gasteiger charge is -2.14. The van der Waals surface area contributed by atoms with Crippen LogP contribution in [0.4, 0.5) is 10.1 Å². The number of rotatable bonds is 3. The predicted octanol–water partition coefficient (Wildman–Crippen LogP) is 2.67. The minimum Gasteiger partial charge on any atom is -0.399 e. The molecule has 2 N–H and O–H groups in total. The first-order valence-electron chi connectivity index (χ1n) is 6.54. The maximum atomic E-state index is 13.5. The van der Waals surface area contributed by atoms with Gasteiger partial charge in [0.05, 0.1) is 6.04 Å². The number of nitrogens with two attached hydrogens (primary N) is 1. The van der Waals surface area contributed by atoms with Gasteiger partial charge in [0, 0.05) is 11.3 Å². The number of nitrogen functional groups attached to an aromatic ring is 1. The first-order valence-corrected chi connectivity index (χ1v) is 6.54. The molecule has 106 valence electrons. The van der Waals surface area contributed by atoms with Crippen LogP contribution in [0.2, 0.25) is 0 Å². The number of nitrogens with zero attached hydrogens (tertiary/aromatic N) is 4. The van der Waals surface area contributed by atoms with Gasteiger partial charge in [-0.1, -0.05) is 30.3 Å². The van der Waals surface area contributed by atoms with E-state index >= 15 is 0 Å². The second kappa shape index (κ2) is 5.32. The van der Waals surface area contributed by atoms with Gasteiger partial charge in [0.25, 0.3) is 0 Å². The van der Waals surface area contributed by atoms with E-state index in [1.165, 1.54) is 12.1 Å². The number of halogens is 1. The molecule has 2 aromatic carbocycles. The molecule has 0 amide bonds. The molecule has 1 atom stereocenters. The Morgan fingerprint density at radius 1 is 1.14 bits per heavy atom. The fourth-order valence-corrected chi connectivity index (χ4v) is 2.26. The highest BCUT2D eigenvalue weighted by molar-refractivity contribution is 5.61. The number of hydrogen-bond donors (Lipinski definition) is 1. The van der Waals surface area contributed by atoms with Gasteiger partial charge >= 0.3 is 0 Å². The van der Waals surface area contributed by atoms with Gasteiger partial charge in [-0.05, 0) is 41.1 Å². The van der Waals surface area contributed by atoms with Gasteiger partial charge in [-0.25, -0.2) is 9.07 Å². The molecule has 0 saturated heterocycles. The summed E-state index contributed by atoms with van der Waals surface area (Å²) in [4.78, 5) is 0. The van der Waals surface area contributed by atoms with Gasteiger partial charge in [-0.3, -0.25) is 0 Å². The quantitative estimate of drug-likeness (QED) is 0.750. The molecule has 1 aromatic heterocycles. The van der Waals surface area contributed by atoms with Crippen LogP contribution in [0, 0.1) is 5.82 Å². The monoisotopic (exact) mass is 283 g/mol. The predicted molar refractivity (Wildman–Crippen MR) is 77.9 cm³/mol. The van der Waals surface area contributed by atoms with E-state index in [0.717, 1.165) is 5.56 Å². The molecule has 1 unspecified atom stereocenters. The molecule has 0 radical (unpaired) electrons. The van der Waals surface area contributed by atoms with Crippen LogP contribution in [0.1, 0.15) is 18.5 Å². The summed E-state index contributed by atoms with van der Waals surface area (Å²) in [6.45, 7) is 1.98. The van der Waals surface area contributed by atoms with Crippen molar-refractivity contribution in [3.8, 4) is 11.4 Å². The van der Waals surface area contributed by atoms with Crippen molar-refractivity contribution in [1.82, 2.24) is 20.2 Å². The molecular formula is C15H14FN5. The second-order valence-corrected chi connectivity index (χ2v) is 4.81. The molecule has 0 spiro atoms. The fraction of sp³-hybridized carbons (Fsp3) is 0.133. The highest BCUT2D eigenvalue weighted by atomic mass is 19.1. The number of hydrogen-bond acceptors (Lipinski definition) is 4. The summed E-state index contributed by atoms with van der Waals surface area (Å²) in [6.07, 6.45) is 0. The van der Waals surface area contributed by atoms with Crippen molar-refractivity contribution in [2.24, 2.45) is 0 Å². The van der Waals surface area contributed by atoms with E-state index < -0.39 is 5.82 Å². The van der Waals surface area contributed by atoms with Gasteiger partial charge in [0.2, 0.25) is 0 Å². The molecule has 0 aliphatic rings. The average molecular weight is 283 g/mol. The Morgan fingerprint density at radius 2 is 1.90 bits per heavy atom. The van der Waals surface area contributed by atoms with Gasteiger partial charge in [-0.2, -0.15) is 0 Å².